The van der Waals surface area contributed by atoms with Gasteiger partial charge in [-0.1, -0.05) is 6.92 Å². The first-order valence-corrected chi connectivity index (χ1v) is 8.77. The second-order valence-corrected chi connectivity index (χ2v) is 7.37. The van der Waals surface area contributed by atoms with Crippen LogP contribution in [0, 0.1) is 0 Å². The first-order chi connectivity index (χ1) is 9.77. The number of sulfonamides is 1. The molecule has 1 atom stereocenters. The topological polar surface area (TPSA) is 71.6 Å². The van der Waals surface area contributed by atoms with Gasteiger partial charge in [0.05, 0.1) is 0 Å². The molecule has 0 saturated heterocycles. The van der Waals surface area contributed by atoms with Crippen LogP contribution < -0.4 is 5.73 Å². The summed E-state index contributed by atoms with van der Waals surface area (Å²) in [6.45, 7) is 7.95. The van der Waals surface area contributed by atoms with Crippen molar-refractivity contribution in [2.45, 2.75) is 44.8 Å². The molecule has 0 spiro atoms. The second kappa shape index (κ2) is 7.40. The Morgan fingerprint density at radius 2 is 1.95 bits per heavy atom. The largest absolute Gasteiger partial charge is 0.349 e. The normalized spacial score (nSPS) is 14.1. The average Bonchev–Trinajstić information content (AvgIpc) is 2.82. The summed E-state index contributed by atoms with van der Waals surface area (Å²) in [7, 11) is 0.395. The second-order valence-electron chi connectivity index (χ2n) is 5.48. The first-order valence-electron chi connectivity index (χ1n) is 7.33. The van der Waals surface area contributed by atoms with Crippen molar-refractivity contribution < 1.29 is 8.42 Å². The zero-order valence-corrected chi connectivity index (χ0v) is 14.5. The lowest BCUT2D eigenvalue weighted by molar-refractivity contribution is 0.271. The van der Waals surface area contributed by atoms with Crippen molar-refractivity contribution >= 4 is 10.0 Å². The summed E-state index contributed by atoms with van der Waals surface area (Å²) in [5.74, 6) is 0. The number of likely N-dealkylation sites (N-methyl/N-ethyl adjacent to an activating group) is 2. The minimum atomic E-state index is -3.49. The van der Waals surface area contributed by atoms with Crippen LogP contribution in [0.3, 0.4) is 0 Å². The van der Waals surface area contributed by atoms with E-state index in [-0.39, 0.29) is 6.04 Å². The Hall–Kier alpha value is -0.890. The highest BCUT2D eigenvalue weighted by Crippen LogP contribution is 2.21. The molecule has 1 rings (SSSR count). The van der Waals surface area contributed by atoms with Crippen molar-refractivity contribution in [3.8, 4) is 0 Å². The Balaban J connectivity index is 3.15. The summed E-state index contributed by atoms with van der Waals surface area (Å²) in [6, 6.07) is 1.60. The lowest BCUT2D eigenvalue weighted by atomic mass is 10.3. The summed E-state index contributed by atoms with van der Waals surface area (Å²) in [4.78, 5) is 2.32. The molecule has 0 fully saturated rings. The number of nitrogens with zero attached hydrogens (tertiary/aromatic N) is 3. The van der Waals surface area contributed by atoms with Crippen LogP contribution in [0.2, 0.25) is 0 Å². The van der Waals surface area contributed by atoms with Gasteiger partial charge in [0.25, 0.3) is 0 Å². The molecule has 0 aliphatic rings. The zero-order valence-electron chi connectivity index (χ0n) is 13.7. The van der Waals surface area contributed by atoms with E-state index >= 15 is 0 Å². The number of aromatic nitrogens is 1. The molecule has 6 nitrogen and oxygen atoms in total. The predicted molar refractivity (Wildman–Crippen MR) is 85.6 cm³/mol. The van der Waals surface area contributed by atoms with Crippen LogP contribution in [-0.4, -0.2) is 55.4 Å². The molecule has 0 aromatic carbocycles. The van der Waals surface area contributed by atoms with Crippen molar-refractivity contribution in [2.75, 3.05) is 27.2 Å². The van der Waals surface area contributed by atoms with Gasteiger partial charge < -0.3 is 15.2 Å². The van der Waals surface area contributed by atoms with Crippen LogP contribution in [0.25, 0.3) is 0 Å². The minimum Gasteiger partial charge on any atom is -0.349 e. The van der Waals surface area contributed by atoms with E-state index in [9.17, 15) is 8.42 Å². The molecule has 0 aliphatic heterocycles. The number of aryl methyl sites for hydroxylation is 1. The first kappa shape index (κ1) is 18.2. The van der Waals surface area contributed by atoms with Gasteiger partial charge >= 0.3 is 0 Å². The monoisotopic (exact) mass is 316 g/mol. The van der Waals surface area contributed by atoms with Crippen molar-refractivity contribution in [3.05, 3.63) is 18.0 Å². The maximum Gasteiger partial charge on any atom is 0.244 e. The van der Waals surface area contributed by atoms with E-state index in [0.717, 1.165) is 5.69 Å². The van der Waals surface area contributed by atoms with Gasteiger partial charge in [-0.3, -0.25) is 0 Å². The number of hydrogen-bond donors (Lipinski definition) is 1. The maximum absolute atomic E-state index is 12.8. The van der Waals surface area contributed by atoms with Gasteiger partial charge in [0, 0.05) is 44.1 Å². The smallest absolute Gasteiger partial charge is 0.244 e. The predicted octanol–water partition coefficient (Wildman–Crippen LogP) is 0.927. The molecule has 0 radical (unpaired) electrons. The molecule has 122 valence electrons. The van der Waals surface area contributed by atoms with Crippen LogP contribution in [0.1, 0.15) is 26.5 Å². The van der Waals surface area contributed by atoms with E-state index in [4.69, 9.17) is 5.73 Å². The zero-order chi connectivity index (χ0) is 16.2. The molecule has 2 N–H and O–H groups in total. The molecule has 1 aromatic rings. The van der Waals surface area contributed by atoms with Crippen LogP contribution in [0.5, 0.6) is 0 Å². The van der Waals surface area contributed by atoms with Crippen LogP contribution in [0.15, 0.2) is 17.2 Å². The fourth-order valence-corrected chi connectivity index (χ4v) is 4.30. The fourth-order valence-electron chi connectivity index (χ4n) is 2.61. The Kier molecular flexibility index (Phi) is 6.40. The number of hydrogen-bond acceptors (Lipinski definition) is 4. The molecule has 0 bridgehead atoms. The molecule has 0 saturated carbocycles. The Labute approximate surface area is 128 Å². The summed E-state index contributed by atoms with van der Waals surface area (Å²) >= 11 is 0. The Bertz CT molecular complexity index is 530. The number of rotatable bonds is 8. The quantitative estimate of drug-likeness (QED) is 0.774. The third-order valence-corrected chi connectivity index (χ3v) is 5.60. The van der Waals surface area contributed by atoms with Gasteiger partial charge in [-0.25, -0.2) is 8.42 Å². The molecule has 1 heterocycles. The van der Waals surface area contributed by atoms with E-state index in [1.807, 2.05) is 44.3 Å². The summed E-state index contributed by atoms with van der Waals surface area (Å²) in [5.41, 5.74) is 6.52. The summed E-state index contributed by atoms with van der Waals surface area (Å²) < 4.78 is 29.1. The van der Waals surface area contributed by atoms with E-state index in [1.165, 1.54) is 0 Å². The van der Waals surface area contributed by atoms with Gasteiger partial charge in [0.1, 0.15) is 4.90 Å². The molecule has 1 aromatic heterocycles. The van der Waals surface area contributed by atoms with E-state index < -0.39 is 10.0 Å². The highest BCUT2D eigenvalue weighted by atomic mass is 32.2. The fraction of sp³-hybridized carbons (Fsp3) is 0.714. The molecule has 0 aliphatic carbocycles. The van der Waals surface area contributed by atoms with Gasteiger partial charge in [-0.15, -0.1) is 0 Å². The highest BCUT2D eigenvalue weighted by molar-refractivity contribution is 7.89. The summed E-state index contributed by atoms with van der Waals surface area (Å²) in [6.07, 6.45) is 1.68. The standard InChI is InChI=1S/C14H28N4O2S/c1-6-17-11-14(8-13(17)9-15)21(19,20)18(7-2)12(3)10-16(4)5/h8,11-12H,6-7,9-10,15H2,1-5H3. The van der Waals surface area contributed by atoms with Gasteiger partial charge in [-0.05, 0) is 34.0 Å². The van der Waals surface area contributed by atoms with Gasteiger partial charge in [0.2, 0.25) is 10.0 Å². The highest BCUT2D eigenvalue weighted by Gasteiger charge is 2.29. The van der Waals surface area contributed by atoms with Crippen LogP contribution in [0.4, 0.5) is 0 Å². The lowest BCUT2D eigenvalue weighted by Gasteiger charge is -2.28. The van der Waals surface area contributed by atoms with E-state index in [0.29, 0.717) is 31.1 Å². The molecule has 1 unspecified atom stereocenters. The Morgan fingerprint density at radius 1 is 1.33 bits per heavy atom. The minimum absolute atomic E-state index is 0.0821. The molecule has 0 amide bonds. The van der Waals surface area contributed by atoms with Crippen molar-refractivity contribution in [1.82, 2.24) is 13.8 Å². The Morgan fingerprint density at radius 3 is 2.33 bits per heavy atom. The van der Waals surface area contributed by atoms with Gasteiger partial charge in [0.15, 0.2) is 0 Å². The van der Waals surface area contributed by atoms with Crippen molar-refractivity contribution in [1.29, 1.82) is 0 Å². The average molecular weight is 316 g/mol. The van der Waals surface area contributed by atoms with Gasteiger partial charge in [-0.2, -0.15) is 4.31 Å². The SMILES string of the molecule is CCN(C(C)CN(C)C)S(=O)(=O)c1cc(CN)n(CC)c1. The van der Waals surface area contributed by atoms with E-state index in [1.54, 1.807) is 16.6 Å². The third kappa shape index (κ3) is 4.06. The molecule has 7 heteroatoms. The van der Waals surface area contributed by atoms with Crippen molar-refractivity contribution in [2.24, 2.45) is 5.73 Å². The third-order valence-electron chi connectivity index (χ3n) is 3.55. The lowest BCUT2D eigenvalue weighted by Crippen LogP contribution is -2.43. The van der Waals surface area contributed by atoms with Crippen LogP contribution in [-0.2, 0) is 23.1 Å². The van der Waals surface area contributed by atoms with Crippen LogP contribution >= 0.6 is 0 Å². The summed E-state index contributed by atoms with van der Waals surface area (Å²) in [5, 5.41) is 0. The maximum atomic E-state index is 12.8. The molecular formula is C14H28N4O2S. The number of nitrogens with two attached hydrogens (primary N) is 1. The van der Waals surface area contributed by atoms with Crippen molar-refractivity contribution in [3.63, 3.8) is 0 Å². The molecule has 21 heavy (non-hydrogen) atoms. The molecular weight excluding hydrogens is 288 g/mol. The van der Waals surface area contributed by atoms with E-state index in [2.05, 4.69) is 0 Å².